The first-order chi connectivity index (χ1) is 57.2. The molecule has 12 amide bonds. The number of nitrogens with zero attached hydrogens (tertiary/aromatic N) is 1. The molecule has 0 aliphatic heterocycles. The number of phenols is 5. The molecule has 1 aromatic heterocycles. The van der Waals surface area contributed by atoms with Crippen molar-refractivity contribution < 1.29 is 113 Å². The van der Waals surface area contributed by atoms with Crippen LogP contribution in [0.2, 0.25) is 0 Å². The van der Waals surface area contributed by atoms with Crippen LogP contribution in [0, 0.1) is 11.3 Å². The van der Waals surface area contributed by atoms with Crippen LogP contribution in [0.25, 0.3) is 0 Å². The lowest BCUT2D eigenvalue weighted by Crippen LogP contribution is -2.61. The monoisotopic (exact) mass is 1700 g/mol. The molecule has 0 saturated heterocycles. The number of rotatable bonds is 47. The van der Waals surface area contributed by atoms with Crippen molar-refractivity contribution in [3.63, 3.8) is 0 Å². The number of thiol groups is 1. The Morgan fingerprint density at radius 2 is 0.686 bits per heavy atom. The van der Waals surface area contributed by atoms with Gasteiger partial charge < -0.3 is 126 Å². The maximum absolute atomic E-state index is 15.0. The molecule has 1 heterocycles. The summed E-state index contributed by atoms with van der Waals surface area (Å²) >= 11 is 4.31. The molecule has 650 valence electrons. The van der Waals surface area contributed by atoms with Crippen molar-refractivity contribution in [1.82, 2.24) is 79.1 Å². The van der Waals surface area contributed by atoms with Gasteiger partial charge in [0.05, 0.1) is 30.9 Å². The predicted molar refractivity (Wildman–Crippen MR) is 434 cm³/mol. The highest BCUT2D eigenvalue weighted by Crippen LogP contribution is 2.20. The second-order valence-electron chi connectivity index (χ2n) is 28.7. The molecule has 6 aromatic rings. The Balaban J connectivity index is 1.24. The molecule has 0 spiro atoms. The molecule has 0 bridgehead atoms. The number of H-pyrrole nitrogens is 1. The molecule has 27 N–H and O–H groups in total. The average Bonchev–Trinajstić information content (AvgIpc) is 1.34. The Kier molecular flexibility index (Phi) is 37.0. The fourth-order valence-corrected chi connectivity index (χ4v) is 12.1. The van der Waals surface area contributed by atoms with Crippen molar-refractivity contribution >= 4 is 107 Å². The van der Waals surface area contributed by atoms with E-state index in [1.165, 1.54) is 148 Å². The summed E-state index contributed by atoms with van der Waals surface area (Å²) in [6.45, 7) is 5.80. The lowest BCUT2D eigenvalue weighted by atomic mass is 9.99. The summed E-state index contributed by atoms with van der Waals surface area (Å²) in [5, 5.41) is 120. The van der Waals surface area contributed by atoms with Crippen molar-refractivity contribution in [2.45, 2.75) is 170 Å². The molecule has 0 radical (unpaired) electrons. The highest BCUT2D eigenvalue weighted by Gasteiger charge is 2.39. The lowest BCUT2D eigenvalue weighted by Gasteiger charge is -2.28. The summed E-state index contributed by atoms with van der Waals surface area (Å²) in [5.41, 5.74) is 13.1. The molecule has 0 aliphatic rings. The Hall–Kier alpha value is -14.1. The van der Waals surface area contributed by atoms with E-state index < -0.39 is 217 Å². The number of aromatic hydroxyl groups is 5. The van der Waals surface area contributed by atoms with E-state index in [9.17, 15) is 108 Å². The number of amides is 12. The zero-order valence-corrected chi connectivity index (χ0v) is 66.9. The highest BCUT2D eigenvalue weighted by atomic mass is 32.1. The molecule has 13 atom stereocenters. The number of carbonyl (C=O) groups excluding carboxylic acids is 12. The van der Waals surface area contributed by atoms with E-state index >= 15 is 4.79 Å². The Morgan fingerprint density at radius 3 is 1.00 bits per heavy atom. The fourth-order valence-electron chi connectivity index (χ4n) is 11.9. The van der Waals surface area contributed by atoms with Crippen LogP contribution in [-0.2, 0) is 110 Å². The van der Waals surface area contributed by atoms with Crippen molar-refractivity contribution in [2.24, 2.45) is 17.4 Å². The standard InChI is InChI=1S/C79H100N18O23S/c1-39(2)65(97-66(107)40(3)80)77(118)94-57(31-45-13-23-51(101)24-14-45)71(112)90-56(30-44-11-21-50(100)22-12-44)72(113)96-62(37-121)76(117)86-41(4)67(108)87-53(6-5-27-84-79(81)82)68(109)88-54(28-42-7-17-48(98)18-8-42)69(110)89-55(29-43-9-19-49(99)20-10-43)70(111)92-60(35-64(105)106)75(116)93-59(34-63(103)104)74(115)91-58(33-47-36-83-38-85-47)73(114)95-61(78(119)120)32-46-15-25-52(102)26-16-46/h7-26,36,38-41,53-62,65,98-102,121H,5-6,27-35,37,80H2,1-4H3,(H,83,85)(H,86,117)(H,87,108)(H,88,109)(H,89,110)(H,90,112)(H,91,115)(H,92,111)(H,93,116)(H,94,118)(H,95,114)(H,96,113)(H,97,107)(H,103,104)(H,105,106)(H,119,120)(H4,81,82,84)/t40-,41-,53-,54-,55-,56-,57-,58-,59-,60-,61-,62-,65-/m0/s1. The number of hydrogen-bond acceptors (Lipinski definition) is 24. The molecule has 5 aromatic carbocycles. The summed E-state index contributed by atoms with van der Waals surface area (Å²) < 4.78 is 0. The predicted octanol–water partition coefficient (Wildman–Crippen LogP) is -3.24. The van der Waals surface area contributed by atoms with Crippen molar-refractivity contribution in [2.75, 3.05) is 12.3 Å². The summed E-state index contributed by atoms with van der Waals surface area (Å²) in [6, 6.07) is 5.12. The maximum atomic E-state index is 15.0. The summed E-state index contributed by atoms with van der Waals surface area (Å²) in [6.07, 6.45) is -2.67. The minimum atomic E-state index is -2.23. The van der Waals surface area contributed by atoms with Gasteiger partial charge in [0, 0.05) is 57.0 Å². The van der Waals surface area contributed by atoms with Gasteiger partial charge in [-0.3, -0.25) is 72.5 Å². The molecule has 6 rings (SSSR count). The first kappa shape index (κ1) is 95.8. The minimum absolute atomic E-state index is 0.0397. The van der Waals surface area contributed by atoms with Crippen LogP contribution in [0.15, 0.2) is 134 Å². The van der Waals surface area contributed by atoms with Gasteiger partial charge in [0.25, 0.3) is 0 Å². The van der Waals surface area contributed by atoms with Gasteiger partial charge in [-0.2, -0.15) is 12.6 Å². The number of aromatic nitrogens is 2. The summed E-state index contributed by atoms with van der Waals surface area (Å²) in [7, 11) is 0. The number of carboxylic acids is 3. The zero-order valence-electron chi connectivity index (χ0n) is 66.0. The molecular formula is C79H100N18O23S. The average molecular weight is 1700 g/mol. The highest BCUT2D eigenvalue weighted by molar-refractivity contribution is 7.80. The van der Waals surface area contributed by atoms with Gasteiger partial charge in [-0.1, -0.05) is 74.5 Å². The number of aliphatic carboxylic acids is 3. The Labute approximate surface area is 697 Å². The van der Waals surface area contributed by atoms with E-state index in [0.29, 0.717) is 16.7 Å². The van der Waals surface area contributed by atoms with Gasteiger partial charge in [-0.05, 0) is 121 Å². The molecule has 121 heavy (non-hydrogen) atoms. The van der Waals surface area contributed by atoms with Crippen LogP contribution < -0.4 is 80.6 Å². The second kappa shape index (κ2) is 46.8. The minimum Gasteiger partial charge on any atom is -0.508 e. The van der Waals surface area contributed by atoms with Crippen molar-refractivity contribution in [3.05, 3.63) is 167 Å². The van der Waals surface area contributed by atoms with Crippen LogP contribution in [0.1, 0.15) is 86.9 Å². The summed E-state index contributed by atoms with van der Waals surface area (Å²) in [4.78, 5) is 216. The van der Waals surface area contributed by atoms with Crippen molar-refractivity contribution in [1.29, 1.82) is 5.41 Å². The van der Waals surface area contributed by atoms with Gasteiger partial charge in [0.15, 0.2) is 5.96 Å². The van der Waals surface area contributed by atoms with Gasteiger partial charge in [0.1, 0.15) is 101 Å². The SMILES string of the molecule is CC(C)[C@H](NC(=O)[C@H](C)N)C(=O)N[C@@H](Cc1ccc(O)cc1)C(=O)N[C@@H](Cc1ccc(O)cc1)C(=O)N[C@@H](CS)C(=O)N[C@@H](C)C(=O)N[C@@H](CCCNC(=N)N)C(=O)N[C@@H](Cc1ccc(O)cc1)C(=O)N[C@@H](Cc1ccc(O)cc1)C(=O)N[C@@H](CC(=O)O)C(=O)N[C@@H](CC(=O)O)C(=O)N[C@@H](Cc1c[nH]cn1)C(=O)N[C@@H](Cc1ccc(O)cc1)C(=O)O. The second-order valence-corrected chi connectivity index (χ2v) is 29.0. The molecule has 0 unspecified atom stereocenters. The molecular weight excluding hydrogens is 1600 g/mol. The molecule has 0 saturated carbocycles. The van der Waals surface area contributed by atoms with E-state index in [2.05, 4.69) is 91.7 Å². The van der Waals surface area contributed by atoms with Gasteiger partial charge >= 0.3 is 17.9 Å². The first-order valence-electron chi connectivity index (χ1n) is 37.9. The van der Waals surface area contributed by atoms with Crippen LogP contribution >= 0.6 is 12.6 Å². The Bertz CT molecular complexity index is 4600. The molecule has 0 fully saturated rings. The normalized spacial score (nSPS) is 14.2. The largest absolute Gasteiger partial charge is 0.508 e. The number of imidazole rings is 1. The van der Waals surface area contributed by atoms with Crippen LogP contribution in [0.4, 0.5) is 0 Å². The smallest absolute Gasteiger partial charge is 0.326 e. The van der Waals surface area contributed by atoms with Crippen LogP contribution in [0.5, 0.6) is 28.7 Å². The number of hydrogen-bond donors (Lipinski definition) is 26. The number of benzene rings is 5. The van der Waals surface area contributed by atoms with E-state index in [1.54, 1.807) is 13.8 Å². The number of guanidine groups is 1. The van der Waals surface area contributed by atoms with Crippen molar-refractivity contribution in [3.8, 4) is 28.7 Å². The lowest BCUT2D eigenvalue weighted by molar-refractivity contribution is -0.144. The number of carbonyl (C=O) groups is 15. The molecule has 42 heteroatoms. The quantitative estimate of drug-likeness (QED) is 0.00773. The number of nitrogens with two attached hydrogens (primary N) is 2. The van der Waals surface area contributed by atoms with Gasteiger partial charge in [-0.15, -0.1) is 0 Å². The molecule has 0 aliphatic carbocycles. The molecule has 41 nitrogen and oxygen atoms in total. The number of phenolic OH excluding ortho intramolecular Hbond substituents is 5. The first-order valence-corrected chi connectivity index (χ1v) is 38.5. The zero-order chi connectivity index (χ0) is 89.3. The van der Waals surface area contributed by atoms with Gasteiger partial charge in [0.2, 0.25) is 70.9 Å². The maximum Gasteiger partial charge on any atom is 0.326 e. The van der Waals surface area contributed by atoms with E-state index in [4.69, 9.17) is 16.9 Å². The van der Waals surface area contributed by atoms with Crippen LogP contribution in [0.3, 0.4) is 0 Å². The third kappa shape index (κ3) is 32.4. The Morgan fingerprint density at radius 1 is 0.388 bits per heavy atom. The third-order valence-corrected chi connectivity index (χ3v) is 18.9. The fraction of sp³-hybridized carbons (Fsp3) is 0.380. The topological polar surface area (TPSA) is 679 Å². The van der Waals surface area contributed by atoms with Gasteiger partial charge in [-0.25, -0.2) is 9.78 Å². The van der Waals surface area contributed by atoms with E-state index in [-0.39, 0.29) is 84.2 Å². The number of aromatic amines is 1. The third-order valence-electron chi connectivity index (χ3n) is 18.5. The summed E-state index contributed by atoms with van der Waals surface area (Å²) in [5.74, 6) is -20.5. The van der Waals surface area contributed by atoms with Crippen LogP contribution in [-0.4, -0.2) is 236 Å². The number of nitrogens with one attached hydrogen (secondary N) is 15. The van der Waals surface area contributed by atoms with E-state index in [1.807, 2.05) is 0 Å². The number of carboxylic acid groups (broad SMARTS) is 3. The van der Waals surface area contributed by atoms with E-state index in [0.717, 1.165) is 0 Å².